The van der Waals surface area contributed by atoms with Crippen molar-refractivity contribution in [3.63, 3.8) is 0 Å². The summed E-state index contributed by atoms with van der Waals surface area (Å²) in [5, 5.41) is 0.719. The summed E-state index contributed by atoms with van der Waals surface area (Å²) in [4.78, 5) is 0. The Morgan fingerprint density at radius 3 is 2.47 bits per heavy atom. The molecule has 2 N–H and O–H groups in total. The molecule has 2 nitrogen and oxygen atoms in total. The lowest BCUT2D eigenvalue weighted by molar-refractivity contribution is 0.410. The third kappa shape index (κ3) is 2.92. The van der Waals surface area contributed by atoms with Crippen molar-refractivity contribution < 1.29 is 4.74 Å². The zero-order valence-electron chi connectivity index (χ0n) is 9.61. The maximum absolute atomic E-state index is 5.99. The minimum absolute atomic E-state index is 0.719. The van der Waals surface area contributed by atoms with Crippen molar-refractivity contribution in [2.45, 2.75) is 6.42 Å². The van der Waals surface area contributed by atoms with Crippen LogP contribution in [0.3, 0.4) is 0 Å². The number of hydrogen-bond donors (Lipinski definition) is 1. The average molecular weight is 248 g/mol. The average Bonchev–Trinajstić information content (AvgIpc) is 2.32. The van der Waals surface area contributed by atoms with Gasteiger partial charge in [0.1, 0.15) is 5.75 Å². The molecule has 0 aliphatic heterocycles. The van der Waals surface area contributed by atoms with E-state index >= 15 is 0 Å². The number of methoxy groups -OCH3 is 1. The van der Waals surface area contributed by atoms with Gasteiger partial charge in [-0.25, -0.2) is 0 Å². The molecule has 0 aliphatic carbocycles. The smallest absolute Gasteiger partial charge is 0.122 e. The molecule has 2 aromatic carbocycles. The molecular formula is C14H14ClNO. The zero-order chi connectivity index (χ0) is 12.3. The molecular weight excluding hydrogens is 234 g/mol. The SMILES string of the molecule is COc1ccc(Cl)cc1Cc1ccc(N)cc1. The fraction of sp³-hybridized carbons (Fsp3) is 0.143. The maximum atomic E-state index is 5.99. The normalized spacial score (nSPS) is 10.2. The van der Waals surface area contributed by atoms with E-state index in [4.69, 9.17) is 22.1 Å². The van der Waals surface area contributed by atoms with Gasteiger partial charge in [0, 0.05) is 17.1 Å². The van der Waals surface area contributed by atoms with Crippen LogP contribution in [0.5, 0.6) is 5.75 Å². The third-order valence-corrected chi connectivity index (χ3v) is 2.85. The van der Waals surface area contributed by atoms with Crippen molar-refractivity contribution in [1.82, 2.24) is 0 Å². The molecule has 17 heavy (non-hydrogen) atoms. The first kappa shape index (κ1) is 11.8. The highest BCUT2D eigenvalue weighted by molar-refractivity contribution is 6.30. The van der Waals surface area contributed by atoms with Crippen LogP contribution in [-0.2, 0) is 6.42 Å². The van der Waals surface area contributed by atoms with E-state index in [0.717, 1.165) is 28.4 Å². The van der Waals surface area contributed by atoms with Gasteiger partial charge in [0.25, 0.3) is 0 Å². The van der Waals surface area contributed by atoms with Crippen LogP contribution >= 0.6 is 11.6 Å². The highest BCUT2D eigenvalue weighted by Crippen LogP contribution is 2.25. The lowest BCUT2D eigenvalue weighted by atomic mass is 10.0. The molecule has 0 saturated carbocycles. The quantitative estimate of drug-likeness (QED) is 0.843. The van der Waals surface area contributed by atoms with Crippen molar-refractivity contribution in [1.29, 1.82) is 0 Å². The summed E-state index contributed by atoms with van der Waals surface area (Å²) >= 11 is 5.99. The molecule has 0 amide bonds. The summed E-state index contributed by atoms with van der Waals surface area (Å²) in [6, 6.07) is 13.4. The molecule has 0 saturated heterocycles. The number of anilines is 1. The van der Waals surface area contributed by atoms with Crippen LogP contribution in [-0.4, -0.2) is 7.11 Å². The molecule has 0 heterocycles. The number of nitrogen functional groups attached to an aromatic ring is 1. The van der Waals surface area contributed by atoms with E-state index in [0.29, 0.717) is 0 Å². The number of ether oxygens (including phenoxy) is 1. The van der Waals surface area contributed by atoms with E-state index < -0.39 is 0 Å². The molecule has 0 aromatic heterocycles. The van der Waals surface area contributed by atoms with Crippen LogP contribution < -0.4 is 10.5 Å². The van der Waals surface area contributed by atoms with Gasteiger partial charge in [-0.2, -0.15) is 0 Å². The Hall–Kier alpha value is -1.67. The van der Waals surface area contributed by atoms with Crippen molar-refractivity contribution in [3.05, 3.63) is 58.6 Å². The molecule has 2 rings (SSSR count). The molecule has 0 bridgehead atoms. The Morgan fingerprint density at radius 1 is 1.12 bits per heavy atom. The van der Waals surface area contributed by atoms with E-state index in [9.17, 15) is 0 Å². The number of nitrogens with two attached hydrogens (primary N) is 1. The Labute approximate surface area is 106 Å². The van der Waals surface area contributed by atoms with Gasteiger partial charge < -0.3 is 10.5 Å². The minimum Gasteiger partial charge on any atom is -0.496 e. The van der Waals surface area contributed by atoms with E-state index in [-0.39, 0.29) is 0 Å². The largest absolute Gasteiger partial charge is 0.496 e. The van der Waals surface area contributed by atoms with Gasteiger partial charge in [0.2, 0.25) is 0 Å². The second kappa shape index (κ2) is 5.11. The van der Waals surface area contributed by atoms with E-state index in [2.05, 4.69) is 0 Å². The first-order valence-electron chi connectivity index (χ1n) is 5.36. The van der Waals surface area contributed by atoms with Crippen LogP contribution in [0.2, 0.25) is 5.02 Å². The predicted octanol–water partition coefficient (Wildman–Crippen LogP) is 3.52. The number of rotatable bonds is 3. The van der Waals surface area contributed by atoms with E-state index in [1.54, 1.807) is 7.11 Å². The van der Waals surface area contributed by atoms with Crippen LogP contribution in [0.1, 0.15) is 11.1 Å². The highest BCUT2D eigenvalue weighted by Gasteiger charge is 2.05. The van der Waals surface area contributed by atoms with Crippen molar-refractivity contribution in [3.8, 4) is 5.75 Å². The molecule has 0 atom stereocenters. The number of hydrogen-bond acceptors (Lipinski definition) is 2. The highest BCUT2D eigenvalue weighted by atomic mass is 35.5. The van der Waals surface area contributed by atoms with Gasteiger partial charge in [0.05, 0.1) is 7.11 Å². The number of benzene rings is 2. The van der Waals surface area contributed by atoms with Crippen molar-refractivity contribution >= 4 is 17.3 Å². The first-order valence-corrected chi connectivity index (χ1v) is 5.73. The summed E-state index contributed by atoms with van der Waals surface area (Å²) in [6.45, 7) is 0. The van der Waals surface area contributed by atoms with Crippen LogP contribution in [0.4, 0.5) is 5.69 Å². The Morgan fingerprint density at radius 2 is 1.82 bits per heavy atom. The summed E-state index contributed by atoms with van der Waals surface area (Å²) in [5.41, 5.74) is 8.68. The van der Waals surface area contributed by atoms with Gasteiger partial charge in [-0.15, -0.1) is 0 Å². The summed E-state index contributed by atoms with van der Waals surface area (Å²) in [7, 11) is 1.66. The molecule has 0 aliphatic rings. The topological polar surface area (TPSA) is 35.2 Å². The molecule has 3 heteroatoms. The number of halogens is 1. The fourth-order valence-corrected chi connectivity index (χ4v) is 1.94. The second-order valence-electron chi connectivity index (χ2n) is 3.87. The Bertz CT molecular complexity index is 508. The lowest BCUT2D eigenvalue weighted by Crippen LogP contribution is -1.94. The monoisotopic (exact) mass is 247 g/mol. The van der Waals surface area contributed by atoms with Crippen LogP contribution in [0, 0.1) is 0 Å². The first-order chi connectivity index (χ1) is 8.19. The maximum Gasteiger partial charge on any atom is 0.122 e. The van der Waals surface area contributed by atoms with Crippen LogP contribution in [0.25, 0.3) is 0 Å². The molecule has 0 spiro atoms. The summed E-state index contributed by atoms with van der Waals surface area (Å²) in [6.07, 6.45) is 0.782. The third-order valence-electron chi connectivity index (χ3n) is 2.62. The predicted molar refractivity (Wildman–Crippen MR) is 71.7 cm³/mol. The molecule has 0 fully saturated rings. The van der Waals surface area contributed by atoms with Crippen LogP contribution in [0.15, 0.2) is 42.5 Å². The molecule has 0 unspecified atom stereocenters. The van der Waals surface area contributed by atoms with Gasteiger partial charge in [-0.3, -0.25) is 0 Å². The van der Waals surface area contributed by atoms with Gasteiger partial charge in [-0.05, 0) is 41.5 Å². The van der Waals surface area contributed by atoms with E-state index in [1.165, 1.54) is 5.56 Å². The summed E-state index contributed by atoms with van der Waals surface area (Å²) < 4.78 is 5.31. The second-order valence-corrected chi connectivity index (χ2v) is 4.31. The summed E-state index contributed by atoms with van der Waals surface area (Å²) in [5.74, 6) is 0.853. The molecule has 0 radical (unpaired) electrons. The fourth-order valence-electron chi connectivity index (χ4n) is 1.74. The van der Waals surface area contributed by atoms with Crippen molar-refractivity contribution in [2.75, 3.05) is 12.8 Å². The Balaban J connectivity index is 2.28. The minimum atomic E-state index is 0.719. The Kier molecular flexibility index (Phi) is 3.55. The van der Waals surface area contributed by atoms with Gasteiger partial charge >= 0.3 is 0 Å². The molecule has 88 valence electrons. The lowest BCUT2D eigenvalue weighted by Gasteiger charge is -2.09. The van der Waals surface area contributed by atoms with Crippen molar-refractivity contribution in [2.24, 2.45) is 0 Å². The van der Waals surface area contributed by atoms with Gasteiger partial charge in [0.15, 0.2) is 0 Å². The standard InChI is InChI=1S/C14H14ClNO/c1-17-14-7-4-12(15)9-11(14)8-10-2-5-13(16)6-3-10/h2-7,9H,8,16H2,1H3. The van der Waals surface area contributed by atoms with E-state index in [1.807, 2.05) is 42.5 Å². The molecule has 2 aromatic rings. The van der Waals surface area contributed by atoms with Gasteiger partial charge in [-0.1, -0.05) is 23.7 Å². The zero-order valence-corrected chi connectivity index (χ0v) is 10.4.